The lowest BCUT2D eigenvalue weighted by molar-refractivity contribution is 0.100. The molecule has 0 saturated heterocycles. The number of phenolic OH excluding ortho intramolecular Hbond substituents is 1. The fourth-order valence-electron chi connectivity index (χ4n) is 3.45. The van der Waals surface area contributed by atoms with Crippen LogP contribution in [0.15, 0.2) is 47.0 Å². The first-order chi connectivity index (χ1) is 12.9. The van der Waals surface area contributed by atoms with Crippen molar-refractivity contribution in [2.24, 2.45) is 5.73 Å². The number of nitrogens with zero attached hydrogens (tertiary/aromatic N) is 2. The first kappa shape index (κ1) is 16.8. The molecule has 4 rings (SSSR count). The number of rotatable bonds is 3. The summed E-state index contributed by atoms with van der Waals surface area (Å²) in [5.74, 6) is -1.32. The molecule has 0 aliphatic heterocycles. The Bertz CT molecular complexity index is 1190. The second-order valence-electron chi connectivity index (χ2n) is 6.28. The van der Waals surface area contributed by atoms with E-state index in [-0.39, 0.29) is 0 Å². The largest absolute Gasteiger partial charge is 0.505 e. The molecule has 0 aliphatic rings. The van der Waals surface area contributed by atoms with Crippen molar-refractivity contribution in [3.05, 3.63) is 65.3 Å². The van der Waals surface area contributed by atoms with E-state index in [1.807, 2.05) is 12.1 Å². The number of carbonyl (C=O) groups excluding carboxylic acids is 1. The number of amides is 1. The second kappa shape index (κ2) is 5.98. The van der Waals surface area contributed by atoms with E-state index in [1.165, 1.54) is 12.1 Å². The lowest BCUT2D eigenvalue weighted by Crippen LogP contribution is -2.13. The van der Waals surface area contributed by atoms with E-state index in [1.54, 1.807) is 36.6 Å². The van der Waals surface area contributed by atoms with E-state index in [9.17, 15) is 14.3 Å². The van der Waals surface area contributed by atoms with Crippen molar-refractivity contribution in [3.8, 4) is 22.7 Å². The number of benzene rings is 2. The van der Waals surface area contributed by atoms with Crippen LogP contribution in [0.2, 0.25) is 0 Å². The van der Waals surface area contributed by atoms with Gasteiger partial charge in [-0.2, -0.15) is 0 Å². The molecule has 7 heteroatoms. The number of nitrogens with two attached hydrogens (primary N) is 1. The fraction of sp³-hybridized carbons (Fsp3) is 0.100. The average Bonchev–Trinajstić information content (AvgIpc) is 3.14. The van der Waals surface area contributed by atoms with Crippen LogP contribution in [0.4, 0.5) is 4.39 Å². The molecule has 4 aromatic rings. The van der Waals surface area contributed by atoms with Crippen LogP contribution in [0.25, 0.3) is 27.8 Å². The molecule has 0 unspecified atom stereocenters. The number of primary amides is 1. The molecular formula is C20H16FN3O3. The SMILES string of the molecule is Cc1noc(C)c1-c1c(C(N)=O)c2ccccc2n1-c1ccc(O)c(F)c1. The van der Waals surface area contributed by atoms with Gasteiger partial charge in [-0.15, -0.1) is 0 Å². The maximum Gasteiger partial charge on any atom is 0.251 e. The van der Waals surface area contributed by atoms with Crippen molar-refractivity contribution in [1.29, 1.82) is 0 Å². The summed E-state index contributed by atoms with van der Waals surface area (Å²) in [6, 6.07) is 11.2. The highest BCUT2D eigenvalue weighted by atomic mass is 19.1. The topological polar surface area (TPSA) is 94.3 Å². The Kier molecular flexibility index (Phi) is 3.73. The summed E-state index contributed by atoms with van der Waals surface area (Å²) in [4.78, 5) is 12.4. The number of fused-ring (bicyclic) bond motifs is 1. The number of aromatic hydroxyl groups is 1. The number of phenols is 1. The molecule has 0 aliphatic carbocycles. The van der Waals surface area contributed by atoms with Crippen molar-refractivity contribution in [2.75, 3.05) is 0 Å². The Labute approximate surface area is 153 Å². The minimum absolute atomic E-state index is 0.300. The number of hydrogen-bond donors (Lipinski definition) is 2. The van der Waals surface area contributed by atoms with Gasteiger partial charge in [-0.3, -0.25) is 4.79 Å². The Hall–Kier alpha value is -3.61. The van der Waals surface area contributed by atoms with Gasteiger partial charge in [0.15, 0.2) is 11.6 Å². The van der Waals surface area contributed by atoms with Gasteiger partial charge in [-0.05, 0) is 32.0 Å². The zero-order valence-corrected chi connectivity index (χ0v) is 14.7. The number of halogens is 1. The Morgan fingerprint density at radius 3 is 2.59 bits per heavy atom. The van der Waals surface area contributed by atoms with Crippen molar-refractivity contribution in [1.82, 2.24) is 9.72 Å². The van der Waals surface area contributed by atoms with Gasteiger partial charge in [0.25, 0.3) is 5.91 Å². The van der Waals surface area contributed by atoms with E-state index in [4.69, 9.17) is 10.3 Å². The molecule has 0 fully saturated rings. The highest BCUT2D eigenvalue weighted by Gasteiger charge is 2.27. The highest BCUT2D eigenvalue weighted by Crippen LogP contribution is 2.39. The zero-order valence-electron chi connectivity index (χ0n) is 14.7. The second-order valence-corrected chi connectivity index (χ2v) is 6.28. The lowest BCUT2D eigenvalue weighted by atomic mass is 10.0. The highest BCUT2D eigenvalue weighted by molar-refractivity contribution is 6.13. The van der Waals surface area contributed by atoms with Crippen LogP contribution in [0, 0.1) is 19.7 Å². The van der Waals surface area contributed by atoms with Gasteiger partial charge in [0, 0.05) is 17.1 Å². The van der Waals surface area contributed by atoms with Crippen molar-refractivity contribution in [2.45, 2.75) is 13.8 Å². The lowest BCUT2D eigenvalue weighted by Gasteiger charge is -2.12. The number of aromatic nitrogens is 2. The predicted octanol–water partition coefficient (Wildman–Crippen LogP) is 3.85. The van der Waals surface area contributed by atoms with E-state index in [0.29, 0.717) is 44.9 Å². The molecule has 2 aromatic carbocycles. The monoisotopic (exact) mass is 365 g/mol. The molecule has 1 amide bonds. The standard InChI is InChI=1S/C20H16FN3O3/c1-10-17(11(2)27-23-10)19-18(20(22)26)13-5-3-4-6-15(13)24(19)12-7-8-16(25)14(21)9-12/h3-9,25H,1-2H3,(H2,22,26). The van der Waals surface area contributed by atoms with Gasteiger partial charge in [-0.25, -0.2) is 4.39 Å². The molecule has 0 saturated carbocycles. The van der Waals surface area contributed by atoms with E-state index in [2.05, 4.69) is 5.16 Å². The van der Waals surface area contributed by atoms with Gasteiger partial charge >= 0.3 is 0 Å². The number of aryl methyl sites for hydroxylation is 2. The smallest absolute Gasteiger partial charge is 0.251 e. The molecule has 0 spiro atoms. The molecule has 27 heavy (non-hydrogen) atoms. The molecule has 3 N–H and O–H groups in total. The van der Waals surface area contributed by atoms with Gasteiger partial charge in [-0.1, -0.05) is 23.4 Å². The molecular weight excluding hydrogens is 349 g/mol. The predicted molar refractivity (Wildman–Crippen MR) is 98.4 cm³/mol. The van der Waals surface area contributed by atoms with Crippen LogP contribution in [-0.4, -0.2) is 20.7 Å². The zero-order chi connectivity index (χ0) is 19.3. The van der Waals surface area contributed by atoms with Crippen LogP contribution in [0.5, 0.6) is 5.75 Å². The number of para-hydroxylation sites is 1. The Morgan fingerprint density at radius 2 is 1.96 bits per heavy atom. The summed E-state index contributed by atoms with van der Waals surface area (Å²) in [5, 5.41) is 14.2. The maximum absolute atomic E-state index is 14.1. The Balaban J connectivity index is 2.22. The number of carbonyl (C=O) groups is 1. The quantitative estimate of drug-likeness (QED) is 0.577. The molecule has 136 valence electrons. The van der Waals surface area contributed by atoms with E-state index in [0.717, 1.165) is 0 Å². The van der Waals surface area contributed by atoms with Crippen LogP contribution in [0.1, 0.15) is 21.8 Å². The summed E-state index contributed by atoms with van der Waals surface area (Å²) in [6.07, 6.45) is 0. The maximum atomic E-state index is 14.1. The normalized spacial score (nSPS) is 11.2. The van der Waals surface area contributed by atoms with Gasteiger partial charge in [0.1, 0.15) is 5.76 Å². The summed E-state index contributed by atoms with van der Waals surface area (Å²) in [7, 11) is 0. The van der Waals surface area contributed by atoms with Crippen LogP contribution < -0.4 is 5.73 Å². The van der Waals surface area contributed by atoms with Crippen molar-refractivity contribution in [3.63, 3.8) is 0 Å². The Morgan fingerprint density at radius 1 is 1.22 bits per heavy atom. The molecule has 0 radical (unpaired) electrons. The third-order valence-electron chi connectivity index (χ3n) is 4.58. The first-order valence-electron chi connectivity index (χ1n) is 8.25. The van der Waals surface area contributed by atoms with Crippen LogP contribution in [-0.2, 0) is 0 Å². The molecule has 2 aromatic heterocycles. The first-order valence-corrected chi connectivity index (χ1v) is 8.25. The van der Waals surface area contributed by atoms with Gasteiger partial charge < -0.3 is 19.9 Å². The van der Waals surface area contributed by atoms with Crippen molar-refractivity contribution < 1.29 is 18.8 Å². The summed E-state index contributed by atoms with van der Waals surface area (Å²) >= 11 is 0. The molecule has 6 nitrogen and oxygen atoms in total. The molecule has 0 bridgehead atoms. The van der Waals surface area contributed by atoms with Crippen LogP contribution >= 0.6 is 0 Å². The van der Waals surface area contributed by atoms with Crippen LogP contribution in [0.3, 0.4) is 0 Å². The third kappa shape index (κ3) is 2.47. The summed E-state index contributed by atoms with van der Waals surface area (Å²) in [5.41, 5.74) is 8.80. The van der Waals surface area contributed by atoms with Gasteiger partial charge in [0.05, 0.1) is 28.0 Å². The third-order valence-corrected chi connectivity index (χ3v) is 4.58. The minimum Gasteiger partial charge on any atom is -0.505 e. The molecule has 2 heterocycles. The van der Waals surface area contributed by atoms with Crippen molar-refractivity contribution >= 4 is 16.8 Å². The van der Waals surface area contributed by atoms with E-state index >= 15 is 0 Å². The summed E-state index contributed by atoms with van der Waals surface area (Å²) < 4.78 is 21.1. The van der Waals surface area contributed by atoms with Gasteiger partial charge in [0.2, 0.25) is 0 Å². The average molecular weight is 365 g/mol. The summed E-state index contributed by atoms with van der Waals surface area (Å²) in [6.45, 7) is 3.50. The minimum atomic E-state index is -0.768. The van der Waals surface area contributed by atoms with E-state index < -0.39 is 17.5 Å². The number of hydrogen-bond acceptors (Lipinski definition) is 4. The molecule has 0 atom stereocenters. The fourth-order valence-corrected chi connectivity index (χ4v) is 3.45.